The molecule has 4 nitrogen and oxygen atoms in total. The maximum atomic E-state index is 9.48. The first kappa shape index (κ1) is 12.9. The molecule has 2 aliphatic rings. The number of hydrogen-bond donors (Lipinski definition) is 1. The largest absolute Gasteiger partial charge is 0.396 e. The van der Waals surface area contributed by atoms with Gasteiger partial charge in [0.25, 0.3) is 0 Å². The van der Waals surface area contributed by atoms with Crippen molar-refractivity contribution in [3.05, 3.63) is 30.3 Å². The number of hydrogen-bond acceptors (Lipinski definition) is 4. The van der Waals surface area contributed by atoms with E-state index in [0.717, 1.165) is 32.7 Å². The summed E-state index contributed by atoms with van der Waals surface area (Å²) in [4.78, 5) is 4.89. The minimum absolute atomic E-state index is 0.00885. The Hall–Kier alpha value is -1.10. The molecule has 2 saturated heterocycles. The van der Waals surface area contributed by atoms with Crippen molar-refractivity contribution in [1.29, 1.82) is 0 Å². The van der Waals surface area contributed by atoms with E-state index in [1.165, 1.54) is 5.69 Å². The van der Waals surface area contributed by atoms with Crippen LogP contribution < -0.4 is 4.90 Å². The van der Waals surface area contributed by atoms with Crippen molar-refractivity contribution in [3.8, 4) is 0 Å². The van der Waals surface area contributed by atoms with E-state index < -0.39 is 0 Å². The van der Waals surface area contributed by atoms with Gasteiger partial charge in [0.05, 0.1) is 25.2 Å². The standard InChI is InChI=1S/C15H22N2O2/c18-11-15(12-19-13-15)10-16-6-8-17(9-7-16)14-4-2-1-3-5-14/h1-5,18H,6-13H2. The number of benzene rings is 1. The molecule has 0 aromatic heterocycles. The summed E-state index contributed by atoms with van der Waals surface area (Å²) in [5.74, 6) is 0. The summed E-state index contributed by atoms with van der Waals surface area (Å²) in [6, 6.07) is 10.6. The topological polar surface area (TPSA) is 35.9 Å². The third-order valence-electron chi connectivity index (χ3n) is 4.20. The Morgan fingerprint density at radius 2 is 1.74 bits per heavy atom. The molecule has 0 spiro atoms. The highest BCUT2D eigenvalue weighted by atomic mass is 16.5. The molecule has 0 atom stereocenters. The van der Waals surface area contributed by atoms with E-state index in [-0.39, 0.29) is 12.0 Å². The first-order chi connectivity index (χ1) is 9.31. The minimum atomic E-state index is 0.00885. The SMILES string of the molecule is OCC1(CN2CCN(c3ccccc3)CC2)COC1. The summed E-state index contributed by atoms with van der Waals surface area (Å²) >= 11 is 0. The van der Waals surface area contributed by atoms with Crippen LogP contribution >= 0.6 is 0 Å². The molecule has 3 rings (SSSR count). The van der Waals surface area contributed by atoms with E-state index in [1.807, 2.05) is 0 Å². The number of nitrogens with zero attached hydrogens (tertiary/aromatic N) is 2. The van der Waals surface area contributed by atoms with E-state index in [0.29, 0.717) is 13.2 Å². The summed E-state index contributed by atoms with van der Waals surface area (Å²) in [6.07, 6.45) is 0. The first-order valence-corrected chi connectivity index (χ1v) is 7.02. The van der Waals surface area contributed by atoms with Gasteiger partial charge in [0.1, 0.15) is 0 Å². The van der Waals surface area contributed by atoms with Crippen molar-refractivity contribution in [2.24, 2.45) is 5.41 Å². The van der Waals surface area contributed by atoms with Crippen molar-refractivity contribution in [1.82, 2.24) is 4.90 Å². The van der Waals surface area contributed by atoms with Crippen LogP contribution in [0, 0.1) is 5.41 Å². The Morgan fingerprint density at radius 1 is 1.05 bits per heavy atom. The van der Waals surface area contributed by atoms with Crippen LogP contribution in [0.15, 0.2) is 30.3 Å². The Labute approximate surface area is 114 Å². The lowest BCUT2D eigenvalue weighted by Gasteiger charge is -2.45. The van der Waals surface area contributed by atoms with Gasteiger partial charge in [0, 0.05) is 38.4 Å². The van der Waals surface area contributed by atoms with E-state index in [9.17, 15) is 5.11 Å². The fourth-order valence-corrected chi connectivity index (χ4v) is 2.90. The van der Waals surface area contributed by atoms with Crippen molar-refractivity contribution in [3.63, 3.8) is 0 Å². The van der Waals surface area contributed by atoms with Crippen molar-refractivity contribution in [2.75, 3.05) is 57.4 Å². The van der Waals surface area contributed by atoms with Crippen LogP contribution in [0.2, 0.25) is 0 Å². The summed E-state index contributed by atoms with van der Waals surface area (Å²) in [6.45, 7) is 6.88. The highest BCUT2D eigenvalue weighted by Gasteiger charge is 2.40. The average molecular weight is 262 g/mol. The predicted molar refractivity (Wildman–Crippen MR) is 75.4 cm³/mol. The summed E-state index contributed by atoms with van der Waals surface area (Å²) in [5.41, 5.74) is 1.32. The van der Waals surface area contributed by atoms with Gasteiger partial charge in [-0.25, -0.2) is 0 Å². The molecule has 0 amide bonds. The minimum Gasteiger partial charge on any atom is -0.396 e. The molecule has 1 aromatic carbocycles. The first-order valence-electron chi connectivity index (χ1n) is 7.02. The molecule has 0 aliphatic carbocycles. The Kier molecular flexibility index (Phi) is 3.73. The third kappa shape index (κ3) is 2.76. The highest BCUT2D eigenvalue weighted by molar-refractivity contribution is 5.46. The number of anilines is 1. The molecule has 2 heterocycles. The van der Waals surface area contributed by atoms with Gasteiger partial charge in [0.2, 0.25) is 0 Å². The van der Waals surface area contributed by atoms with Crippen LogP contribution in [0.25, 0.3) is 0 Å². The molecule has 0 radical (unpaired) electrons. The quantitative estimate of drug-likeness (QED) is 0.871. The molecule has 2 fully saturated rings. The van der Waals surface area contributed by atoms with Crippen LogP contribution in [-0.4, -0.2) is 62.6 Å². The van der Waals surface area contributed by atoms with Crippen molar-refractivity contribution >= 4 is 5.69 Å². The maximum Gasteiger partial charge on any atom is 0.0579 e. The molecule has 0 bridgehead atoms. The van der Waals surface area contributed by atoms with Gasteiger partial charge in [-0.2, -0.15) is 0 Å². The number of rotatable bonds is 4. The zero-order valence-electron chi connectivity index (χ0n) is 11.3. The lowest BCUT2D eigenvalue weighted by Crippen LogP contribution is -2.57. The molecule has 0 saturated carbocycles. The normalized spacial score (nSPS) is 23.1. The molecule has 4 heteroatoms. The van der Waals surface area contributed by atoms with Crippen molar-refractivity contribution < 1.29 is 9.84 Å². The number of para-hydroxylation sites is 1. The molecule has 1 aromatic rings. The molecule has 104 valence electrons. The second-order valence-electron chi connectivity index (χ2n) is 5.75. The average Bonchev–Trinajstić information content (AvgIpc) is 2.45. The fourth-order valence-electron chi connectivity index (χ4n) is 2.90. The predicted octanol–water partition coefficient (Wildman–Crippen LogP) is 0.817. The molecular weight excluding hydrogens is 240 g/mol. The zero-order chi connectivity index (χ0) is 13.1. The molecule has 19 heavy (non-hydrogen) atoms. The van der Waals surface area contributed by atoms with Gasteiger partial charge in [-0.1, -0.05) is 18.2 Å². The maximum absolute atomic E-state index is 9.48. The molecule has 1 N–H and O–H groups in total. The number of aliphatic hydroxyl groups excluding tert-OH is 1. The van der Waals surface area contributed by atoms with Gasteiger partial charge in [-0.3, -0.25) is 4.90 Å². The van der Waals surface area contributed by atoms with Crippen LogP contribution in [-0.2, 0) is 4.74 Å². The second kappa shape index (κ2) is 5.49. The Morgan fingerprint density at radius 3 is 2.26 bits per heavy atom. The molecule has 2 aliphatic heterocycles. The smallest absolute Gasteiger partial charge is 0.0579 e. The highest BCUT2D eigenvalue weighted by Crippen LogP contribution is 2.28. The van der Waals surface area contributed by atoms with Crippen molar-refractivity contribution in [2.45, 2.75) is 0 Å². The summed E-state index contributed by atoms with van der Waals surface area (Å²) < 4.78 is 5.26. The van der Waals surface area contributed by atoms with Gasteiger partial charge in [-0.05, 0) is 12.1 Å². The summed E-state index contributed by atoms with van der Waals surface area (Å²) in [5, 5.41) is 9.48. The van der Waals surface area contributed by atoms with Crippen LogP contribution in [0.1, 0.15) is 0 Å². The lowest BCUT2D eigenvalue weighted by atomic mass is 9.86. The molecular formula is C15H22N2O2. The van der Waals surface area contributed by atoms with Gasteiger partial charge in [-0.15, -0.1) is 0 Å². The number of ether oxygens (including phenoxy) is 1. The van der Waals surface area contributed by atoms with Crippen LogP contribution in [0.3, 0.4) is 0 Å². The van der Waals surface area contributed by atoms with E-state index in [4.69, 9.17) is 4.74 Å². The summed E-state index contributed by atoms with van der Waals surface area (Å²) in [7, 11) is 0. The lowest BCUT2D eigenvalue weighted by molar-refractivity contribution is -0.148. The van der Waals surface area contributed by atoms with Gasteiger partial charge < -0.3 is 14.7 Å². The van der Waals surface area contributed by atoms with Gasteiger partial charge in [0.15, 0.2) is 0 Å². The third-order valence-corrected chi connectivity index (χ3v) is 4.20. The monoisotopic (exact) mass is 262 g/mol. The second-order valence-corrected chi connectivity index (χ2v) is 5.75. The molecule has 0 unspecified atom stereocenters. The number of aliphatic hydroxyl groups is 1. The number of piperazine rings is 1. The van der Waals surface area contributed by atoms with Crippen LogP contribution in [0.5, 0.6) is 0 Å². The van der Waals surface area contributed by atoms with E-state index in [1.54, 1.807) is 0 Å². The van der Waals surface area contributed by atoms with Crippen LogP contribution in [0.4, 0.5) is 5.69 Å². The van der Waals surface area contributed by atoms with E-state index in [2.05, 4.69) is 40.1 Å². The van der Waals surface area contributed by atoms with Gasteiger partial charge >= 0.3 is 0 Å². The Bertz CT molecular complexity index is 392. The fraction of sp³-hybridized carbons (Fsp3) is 0.600. The van der Waals surface area contributed by atoms with E-state index >= 15 is 0 Å². The Balaban J connectivity index is 1.52. The zero-order valence-corrected chi connectivity index (χ0v) is 11.3.